The Balaban J connectivity index is 1.80. The van der Waals surface area contributed by atoms with E-state index in [-0.39, 0.29) is 26.3 Å². The van der Waals surface area contributed by atoms with E-state index in [0.717, 1.165) is 0 Å². The Morgan fingerprint density at radius 3 is 2.33 bits per heavy atom. The number of benzene rings is 3. The first-order valence-electron chi connectivity index (χ1n) is 7.99. The monoisotopic (exact) mass is 419 g/mol. The van der Waals surface area contributed by atoms with Crippen LogP contribution in [0.25, 0.3) is 0 Å². The first-order chi connectivity index (χ1) is 12.9. The topological polar surface area (TPSA) is 63.2 Å². The highest BCUT2D eigenvalue weighted by Crippen LogP contribution is 2.26. The number of hydrogen-bond acceptors (Lipinski definition) is 3. The van der Waals surface area contributed by atoms with Crippen LogP contribution in [0.2, 0.25) is 10.0 Å². The molecule has 3 aromatic rings. The quantitative estimate of drug-likeness (QED) is 0.616. The Labute approximate surface area is 167 Å². The molecule has 0 bridgehead atoms. The molecule has 138 valence electrons. The van der Waals surface area contributed by atoms with E-state index < -0.39 is 15.7 Å². The van der Waals surface area contributed by atoms with Gasteiger partial charge >= 0.3 is 0 Å². The van der Waals surface area contributed by atoms with Gasteiger partial charge in [0.05, 0.1) is 26.3 Å². The Kier molecular flexibility index (Phi) is 5.85. The molecule has 0 atom stereocenters. The first-order valence-corrected chi connectivity index (χ1v) is 10.4. The van der Waals surface area contributed by atoms with Crippen molar-refractivity contribution in [2.45, 2.75) is 10.6 Å². The van der Waals surface area contributed by atoms with Gasteiger partial charge in [-0.05, 0) is 42.0 Å². The van der Waals surface area contributed by atoms with E-state index in [9.17, 15) is 13.2 Å². The van der Waals surface area contributed by atoms with Crippen molar-refractivity contribution in [1.29, 1.82) is 0 Å². The second-order valence-electron chi connectivity index (χ2n) is 5.83. The average molecular weight is 420 g/mol. The van der Waals surface area contributed by atoms with Gasteiger partial charge in [0.25, 0.3) is 5.91 Å². The minimum Gasteiger partial charge on any atom is -0.322 e. The summed E-state index contributed by atoms with van der Waals surface area (Å²) in [5.74, 6) is -0.593. The summed E-state index contributed by atoms with van der Waals surface area (Å²) in [7, 11) is -3.47. The SMILES string of the molecule is O=C(Nc1cccc(CS(=O)(=O)c2ccccc2)c1)c1cccc(Cl)c1Cl. The number of sulfone groups is 1. The van der Waals surface area contributed by atoms with Gasteiger partial charge in [-0.2, -0.15) is 0 Å². The molecule has 0 spiro atoms. The predicted molar refractivity (Wildman–Crippen MR) is 108 cm³/mol. The van der Waals surface area contributed by atoms with Gasteiger partial charge in [-0.1, -0.05) is 59.6 Å². The zero-order valence-corrected chi connectivity index (χ0v) is 16.4. The molecule has 1 amide bonds. The molecule has 0 radical (unpaired) electrons. The summed E-state index contributed by atoms with van der Waals surface area (Å²) in [5.41, 5.74) is 1.28. The number of carbonyl (C=O) groups excluding carboxylic acids is 1. The second kappa shape index (κ2) is 8.13. The maximum atomic E-state index is 12.5. The summed E-state index contributed by atoms with van der Waals surface area (Å²) in [6.45, 7) is 0. The van der Waals surface area contributed by atoms with Crippen LogP contribution in [0, 0.1) is 0 Å². The smallest absolute Gasteiger partial charge is 0.257 e. The molecular weight excluding hydrogens is 405 g/mol. The van der Waals surface area contributed by atoms with Crippen LogP contribution in [0.15, 0.2) is 77.7 Å². The van der Waals surface area contributed by atoms with Crippen molar-refractivity contribution in [3.63, 3.8) is 0 Å². The van der Waals surface area contributed by atoms with Crippen LogP contribution in [0.1, 0.15) is 15.9 Å². The highest BCUT2D eigenvalue weighted by atomic mass is 35.5. The molecule has 4 nitrogen and oxygen atoms in total. The molecule has 0 aliphatic carbocycles. The summed E-state index contributed by atoms with van der Waals surface area (Å²) in [6, 6.07) is 19.7. The third kappa shape index (κ3) is 4.69. The molecule has 0 fully saturated rings. The van der Waals surface area contributed by atoms with Gasteiger partial charge in [0.15, 0.2) is 9.84 Å². The van der Waals surface area contributed by atoms with Gasteiger partial charge in [0, 0.05) is 5.69 Å². The fourth-order valence-corrected chi connectivity index (χ4v) is 4.29. The molecule has 7 heteroatoms. The molecule has 3 aromatic carbocycles. The van der Waals surface area contributed by atoms with Crippen LogP contribution in [0.3, 0.4) is 0 Å². The normalized spacial score (nSPS) is 11.2. The van der Waals surface area contributed by atoms with Gasteiger partial charge in [-0.3, -0.25) is 4.79 Å². The predicted octanol–water partition coefficient (Wildman–Crippen LogP) is 5.22. The molecule has 0 aliphatic rings. The van der Waals surface area contributed by atoms with Crippen molar-refractivity contribution in [3.8, 4) is 0 Å². The van der Waals surface area contributed by atoms with Crippen LogP contribution in [0.5, 0.6) is 0 Å². The van der Waals surface area contributed by atoms with Crippen molar-refractivity contribution < 1.29 is 13.2 Å². The minimum absolute atomic E-state index is 0.166. The van der Waals surface area contributed by atoms with E-state index in [1.165, 1.54) is 0 Å². The minimum atomic E-state index is -3.47. The van der Waals surface area contributed by atoms with Crippen LogP contribution >= 0.6 is 23.2 Å². The highest BCUT2D eigenvalue weighted by Gasteiger charge is 2.16. The number of nitrogens with one attached hydrogen (secondary N) is 1. The third-order valence-electron chi connectivity index (χ3n) is 3.84. The second-order valence-corrected chi connectivity index (χ2v) is 8.60. The van der Waals surface area contributed by atoms with Crippen LogP contribution in [-0.4, -0.2) is 14.3 Å². The van der Waals surface area contributed by atoms with E-state index >= 15 is 0 Å². The average Bonchev–Trinajstić information content (AvgIpc) is 2.64. The molecule has 0 saturated carbocycles. The van der Waals surface area contributed by atoms with Crippen molar-refractivity contribution in [2.24, 2.45) is 0 Å². The van der Waals surface area contributed by atoms with E-state index in [1.54, 1.807) is 72.8 Å². The molecule has 0 heterocycles. The summed E-state index contributed by atoms with van der Waals surface area (Å²) in [5, 5.41) is 3.17. The van der Waals surface area contributed by atoms with Crippen molar-refractivity contribution >= 4 is 44.6 Å². The molecular formula is C20H15Cl2NO3S. The Hall–Kier alpha value is -2.34. The molecule has 0 unspecified atom stereocenters. The van der Waals surface area contributed by atoms with Crippen molar-refractivity contribution in [1.82, 2.24) is 0 Å². The zero-order chi connectivity index (χ0) is 19.4. The summed E-state index contributed by atoms with van der Waals surface area (Å²) in [4.78, 5) is 12.7. The van der Waals surface area contributed by atoms with E-state index in [0.29, 0.717) is 11.3 Å². The van der Waals surface area contributed by atoms with Crippen LogP contribution in [-0.2, 0) is 15.6 Å². The molecule has 0 aliphatic heterocycles. The van der Waals surface area contributed by atoms with E-state index in [4.69, 9.17) is 23.2 Å². The van der Waals surface area contributed by atoms with Crippen LogP contribution < -0.4 is 5.32 Å². The summed E-state index contributed by atoms with van der Waals surface area (Å²) >= 11 is 12.0. The number of carbonyl (C=O) groups is 1. The van der Waals surface area contributed by atoms with Gasteiger partial charge < -0.3 is 5.32 Å². The number of hydrogen-bond donors (Lipinski definition) is 1. The Morgan fingerprint density at radius 2 is 1.59 bits per heavy atom. The first kappa shape index (κ1) is 19.4. The highest BCUT2D eigenvalue weighted by molar-refractivity contribution is 7.90. The van der Waals surface area contributed by atoms with Crippen molar-refractivity contribution in [3.05, 3.63) is 94.0 Å². The Morgan fingerprint density at radius 1 is 0.889 bits per heavy atom. The van der Waals surface area contributed by atoms with Gasteiger partial charge in [0.1, 0.15) is 0 Å². The van der Waals surface area contributed by atoms with Gasteiger partial charge in [0.2, 0.25) is 0 Å². The molecule has 3 rings (SSSR count). The molecule has 0 aromatic heterocycles. The Bertz CT molecular complexity index is 1080. The van der Waals surface area contributed by atoms with Gasteiger partial charge in [-0.15, -0.1) is 0 Å². The largest absolute Gasteiger partial charge is 0.322 e. The molecule has 27 heavy (non-hydrogen) atoms. The molecule has 1 N–H and O–H groups in total. The molecule has 0 saturated heterocycles. The van der Waals surface area contributed by atoms with E-state index in [2.05, 4.69) is 5.32 Å². The van der Waals surface area contributed by atoms with Crippen LogP contribution in [0.4, 0.5) is 5.69 Å². The number of rotatable bonds is 5. The summed E-state index contributed by atoms with van der Waals surface area (Å²) in [6.07, 6.45) is 0. The fourth-order valence-electron chi connectivity index (χ4n) is 2.55. The maximum absolute atomic E-state index is 12.5. The lowest BCUT2D eigenvalue weighted by Gasteiger charge is -2.10. The number of anilines is 1. The number of amides is 1. The fraction of sp³-hybridized carbons (Fsp3) is 0.0500. The summed E-state index contributed by atoms with van der Waals surface area (Å²) < 4.78 is 25.0. The number of halogens is 2. The van der Waals surface area contributed by atoms with E-state index in [1.807, 2.05) is 0 Å². The zero-order valence-electron chi connectivity index (χ0n) is 14.0. The lowest BCUT2D eigenvalue weighted by atomic mass is 10.2. The lowest BCUT2D eigenvalue weighted by Crippen LogP contribution is -2.13. The van der Waals surface area contributed by atoms with Crippen molar-refractivity contribution in [2.75, 3.05) is 5.32 Å². The lowest BCUT2D eigenvalue weighted by molar-refractivity contribution is 0.102. The van der Waals surface area contributed by atoms with Gasteiger partial charge in [-0.25, -0.2) is 8.42 Å². The standard InChI is InChI=1S/C20H15Cl2NO3S/c21-18-11-5-10-17(19(18)22)20(24)23-15-7-4-6-14(12-15)13-27(25,26)16-8-2-1-3-9-16/h1-12H,13H2,(H,23,24). The third-order valence-corrected chi connectivity index (χ3v) is 6.36. The maximum Gasteiger partial charge on any atom is 0.257 e.